The fourth-order valence-corrected chi connectivity index (χ4v) is 2.55. The monoisotopic (exact) mass is 387 g/mol. The average molecular weight is 388 g/mol. The Morgan fingerprint density at radius 3 is 2.71 bits per heavy atom. The molecular formula is C15H15Cl2N3O3S. The van der Waals surface area contributed by atoms with E-state index in [-0.39, 0.29) is 10.6 Å². The number of rotatable bonds is 8. The molecule has 0 saturated heterocycles. The maximum Gasteiger partial charge on any atom is 0.326 e. The van der Waals surface area contributed by atoms with E-state index in [4.69, 9.17) is 33.6 Å². The second-order valence-electron chi connectivity index (χ2n) is 4.59. The van der Waals surface area contributed by atoms with E-state index < -0.39 is 17.9 Å². The number of nitrogens with one attached hydrogen (secondary N) is 2. The van der Waals surface area contributed by atoms with Gasteiger partial charge in [0.05, 0.1) is 10.7 Å². The molecule has 1 rings (SSSR count). The highest BCUT2D eigenvalue weighted by Crippen LogP contribution is 2.25. The second kappa shape index (κ2) is 10.1. The van der Waals surface area contributed by atoms with E-state index in [2.05, 4.69) is 10.6 Å². The van der Waals surface area contributed by atoms with Crippen LogP contribution in [0, 0.1) is 11.3 Å². The molecule has 24 heavy (non-hydrogen) atoms. The van der Waals surface area contributed by atoms with E-state index in [1.54, 1.807) is 12.1 Å². The van der Waals surface area contributed by atoms with E-state index >= 15 is 0 Å². The fraction of sp³-hybridized carbons (Fsp3) is 0.267. The van der Waals surface area contributed by atoms with Crippen LogP contribution >= 0.6 is 35.0 Å². The van der Waals surface area contributed by atoms with Gasteiger partial charge in [0.2, 0.25) is 0 Å². The lowest BCUT2D eigenvalue weighted by Gasteiger charge is -2.12. The summed E-state index contributed by atoms with van der Waals surface area (Å²) in [5.41, 5.74) is 0.0285. The first-order chi connectivity index (χ1) is 11.4. The minimum absolute atomic E-state index is 0.226. The number of carboxylic acid groups (broad SMARTS) is 1. The van der Waals surface area contributed by atoms with Gasteiger partial charge in [-0.05, 0) is 36.6 Å². The van der Waals surface area contributed by atoms with E-state index in [1.807, 2.05) is 6.26 Å². The van der Waals surface area contributed by atoms with E-state index in [1.165, 1.54) is 23.9 Å². The van der Waals surface area contributed by atoms with Crippen LogP contribution in [0.5, 0.6) is 0 Å². The van der Waals surface area contributed by atoms with Gasteiger partial charge in [-0.3, -0.25) is 4.79 Å². The zero-order valence-corrected chi connectivity index (χ0v) is 15.0. The number of hydrogen-bond acceptors (Lipinski definition) is 5. The van der Waals surface area contributed by atoms with Crippen LogP contribution in [0.1, 0.15) is 6.42 Å². The Morgan fingerprint density at radius 2 is 2.17 bits per heavy atom. The van der Waals surface area contributed by atoms with Gasteiger partial charge in [-0.15, -0.1) is 0 Å². The molecule has 1 unspecified atom stereocenters. The molecule has 1 aromatic rings. The topological polar surface area (TPSA) is 102 Å². The number of aliphatic carboxylic acids is 1. The highest BCUT2D eigenvalue weighted by molar-refractivity contribution is 7.98. The lowest BCUT2D eigenvalue weighted by atomic mass is 10.2. The van der Waals surface area contributed by atoms with Gasteiger partial charge < -0.3 is 15.7 Å². The summed E-state index contributed by atoms with van der Waals surface area (Å²) in [4.78, 5) is 23.2. The van der Waals surface area contributed by atoms with Gasteiger partial charge in [-0.1, -0.05) is 23.2 Å². The summed E-state index contributed by atoms with van der Waals surface area (Å²) in [5.74, 6) is -1.13. The largest absolute Gasteiger partial charge is 0.480 e. The first kappa shape index (κ1) is 20.2. The minimum atomic E-state index is -1.06. The van der Waals surface area contributed by atoms with Crippen LogP contribution in [0.15, 0.2) is 30.0 Å². The molecule has 0 bridgehead atoms. The summed E-state index contributed by atoms with van der Waals surface area (Å²) in [7, 11) is 0. The third-order valence-electron chi connectivity index (χ3n) is 2.88. The quantitative estimate of drug-likeness (QED) is 0.467. The molecule has 6 nitrogen and oxygen atoms in total. The van der Waals surface area contributed by atoms with Crippen LogP contribution in [0.4, 0.5) is 5.69 Å². The molecule has 3 N–H and O–H groups in total. The molecule has 0 fully saturated rings. The van der Waals surface area contributed by atoms with Crippen molar-refractivity contribution in [2.45, 2.75) is 12.5 Å². The second-order valence-corrected chi connectivity index (χ2v) is 6.42. The number of carbonyl (C=O) groups is 2. The molecule has 0 heterocycles. The van der Waals surface area contributed by atoms with Crippen molar-refractivity contribution in [3.8, 4) is 6.07 Å². The predicted molar refractivity (Wildman–Crippen MR) is 96.3 cm³/mol. The molecule has 9 heteroatoms. The van der Waals surface area contributed by atoms with Crippen molar-refractivity contribution < 1.29 is 14.7 Å². The third-order valence-corrected chi connectivity index (χ3v) is 4.07. The van der Waals surface area contributed by atoms with Crippen molar-refractivity contribution in [2.75, 3.05) is 17.3 Å². The zero-order chi connectivity index (χ0) is 18.1. The van der Waals surface area contributed by atoms with Crippen molar-refractivity contribution in [1.29, 1.82) is 5.26 Å². The van der Waals surface area contributed by atoms with Crippen molar-refractivity contribution in [2.24, 2.45) is 0 Å². The summed E-state index contributed by atoms with van der Waals surface area (Å²) in [5, 5.41) is 23.9. The Hall–Kier alpha value is -1.88. The molecule has 0 radical (unpaired) electrons. The Kier molecular flexibility index (Phi) is 8.47. The number of nitriles is 1. The Balaban J connectivity index is 2.81. The number of halogens is 2. The van der Waals surface area contributed by atoms with Gasteiger partial charge in [0.15, 0.2) is 0 Å². The van der Waals surface area contributed by atoms with Crippen LogP contribution < -0.4 is 10.6 Å². The van der Waals surface area contributed by atoms with Crippen LogP contribution in [-0.4, -0.2) is 35.0 Å². The van der Waals surface area contributed by atoms with E-state index in [0.29, 0.717) is 22.9 Å². The molecule has 1 atom stereocenters. The molecule has 0 aromatic heterocycles. The summed E-state index contributed by atoms with van der Waals surface area (Å²) in [6.45, 7) is 0. The maximum atomic E-state index is 12.1. The standard InChI is InChI=1S/C15H15Cl2N3O3S/c1-24-5-4-13(15(22)23)19-8-9(7-18)14(21)20-12-3-2-10(16)6-11(12)17/h2-3,6,8,13,19H,4-5H2,1H3,(H,20,21)(H,22,23)/b9-8-. The Morgan fingerprint density at radius 1 is 1.46 bits per heavy atom. The van der Waals surface area contributed by atoms with Gasteiger partial charge in [0.1, 0.15) is 17.7 Å². The average Bonchev–Trinajstić information content (AvgIpc) is 2.53. The van der Waals surface area contributed by atoms with Crippen molar-refractivity contribution in [3.63, 3.8) is 0 Å². The summed E-state index contributed by atoms with van der Waals surface area (Å²) in [6, 6.07) is 5.34. The molecule has 1 aromatic carbocycles. The number of amides is 1. The smallest absolute Gasteiger partial charge is 0.326 e. The molecule has 128 valence electrons. The SMILES string of the molecule is CSCCC(N/C=C(/C#N)C(=O)Nc1ccc(Cl)cc1Cl)C(=O)O. The third kappa shape index (κ3) is 6.32. The molecule has 0 spiro atoms. The van der Waals surface area contributed by atoms with Crippen molar-refractivity contribution in [1.82, 2.24) is 5.32 Å². The lowest BCUT2D eigenvalue weighted by Crippen LogP contribution is -2.34. The minimum Gasteiger partial charge on any atom is -0.480 e. The Labute approximate surface area is 153 Å². The highest BCUT2D eigenvalue weighted by atomic mass is 35.5. The molecule has 0 aliphatic carbocycles. The molecular weight excluding hydrogens is 373 g/mol. The van der Waals surface area contributed by atoms with Gasteiger partial charge in [0, 0.05) is 11.2 Å². The van der Waals surface area contributed by atoms with Crippen molar-refractivity contribution in [3.05, 3.63) is 40.0 Å². The maximum absolute atomic E-state index is 12.1. The van der Waals surface area contributed by atoms with Crippen LogP contribution in [0.3, 0.4) is 0 Å². The van der Waals surface area contributed by atoms with Crippen LogP contribution in [0.25, 0.3) is 0 Å². The van der Waals surface area contributed by atoms with E-state index in [0.717, 1.165) is 6.20 Å². The first-order valence-corrected chi connectivity index (χ1v) is 8.88. The fourth-order valence-electron chi connectivity index (χ4n) is 1.63. The normalized spacial score (nSPS) is 12.2. The van der Waals surface area contributed by atoms with Gasteiger partial charge in [-0.2, -0.15) is 17.0 Å². The van der Waals surface area contributed by atoms with Gasteiger partial charge >= 0.3 is 5.97 Å². The molecule has 0 aliphatic heterocycles. The number of nitrogens with zero attached hydrogens (tertiary/aromatic N) is 1. The number of thioether (sulfide) groups is 1. The summed E-state index contributed by atoms with van der Waals surface area (Å²) < 4.78 is 0. The number of carboxylic acids is 1. The number of benzene rings is 1. The lowest BCUT2D eigenvalue weighted by molar-refractivity contribution is -0.139. The molecule has 0 saturated carbocycles. The zero-order valence-electron chi connectivity index (χ0n) is 12.7. The number of anilines is 1. The predicted octanol–water partition coefficient (Wildman–Crippen LogP) is 3.14. The molecule has 1 amide bonds. The first-order valence-electron chi connectivity index (χ1n) is 6.73. The molecule has 0 aliphatic rings. The highest BCUT2D eigenvalue weighted by Gasteiger charge is 2.17. The number of carbonyl (C=O) groups excluding carboxylic acids is 1. The Bertz CT molecular complexity index is 689. The van der Waals surface area contributed by atoms with Crippen molar-refractivity contribution >= 4 is 52.5 Å². The van der Waals surface area contributed by atoms with Crippen LogP contribution in [-0.2, 0) is 9.59 Å². The van der Waals surface area contributed by atoms with Gasteiger partial charge in [-0.25, -0.2) is 4.79 Å². The summed E-state index contributed by atoms with van der Waals surface area (Å²) in [6.07, 6.45) is 3.31. The van der Waals surface area contributed by atoms with E-state index in [9.17, 15) is 9.59 Å². The summed E-state index contributed by atoms with van der Waals surface area (Å²) >= 11 is 13.2. The van der Waals surface area contributed by atoms with Gasteiger partial charge in [0.25, 0.3) is 5.91 Å². The van der Waals surface area contributed by atoms with Crippen LogP contribution in [0.2, 0.25) is 10.0 Å². The number of hydrogen-bond donors (Lipinski definition) is 3.